The van der Waals surface area contributed by atoms with Gasteiger partial charge in [0.1, 0.15) is 0 Å². The zero-order chi connectivity index (χ0) is 13.7. The van der Waals surface area contributed by atoms with E-state index in [2.05, 4.69) is 9.97 Å². The highest BCUT2D eigenvalue weighted by Gasteiger charge is 2.00. The van der Waals surface area contributed by atoms with Crippen LogP contribution in [0.25, 0.3) is 0 Å². The number of benzene rings is 1. The van der Waals surface area contributed by atoms with Crippen LogP contribution in [-0.2, 0) is 0 Å². The van der Waals surface area contributed by atoms with Crippen LogP contribution in [0.15, 0.2) is 45.2 Å². The predicted octanol–water partition coefficient (Wildman–Crippen LogP) is 3.62. The third-order valence-corrected chi connectivity index (χ3v) is 4.65. The zero-order valence-corrected chi connectivity index (χ0v) is 12.7. The number of H-pyrrole nitrogens is 1. The minimum Gasteiger partial charge on any atom is -0.301 e. The van der Waals surface area contributed by atoms with Gasteiger partial charge in [-0.3, -0.25) is 4.79 Å². The molecule has 0 saturated carbocycles. The minimum atomic E-state index is -0.0969. The van der Waals surface area contributed by atoms with Gasteiger partial charge in [0.2, 0.25) is 0 Å². The summed E-state index contributed by atoms with van der Waals surface area (Å²) in [7, 11) is 0. The molecule has 19 heavy (non-hydrogen) atoms. The van der Waals surface area contributed by atoms with Crippen molar-refractivity contribution in [1.29, 1.82) is 0 Å². The van der Waals surface area contributed by atoms with Crippen LogP contribution < -0.4 is 5.56 Å². The molecule has 0 atom stereocenters. The molecule has 0 aliphatic heterocycles. The lowest BCUT2D eigenvalue weighted by Crippen LogP contribution is -2.08. The van der Waals surface area contributed by atoms with Gasteiger partial charge >= 0.3 is 0 Å². The second-order valence-electron chi connectivity index (χ2n) is 3.84. The largest absolute Gasteiger partial charge is 0.301 e. The second kappa shape index (κ2) is 7.03. The van der Waals surface area contributed by atoms with E-state index < -0.39 is 0 Å². The van der Waals surface area contributed by atoms with Crippen LogP contribution in [0.1, 0.15) is 5.69 Å². The predicted molar refractivity (Wildman–Crippen MR) is 82.5 cm³/mol. The summed E-state index contributed by atoms with van der Waals surface area (Å²) in [6.07, 6.45) is 0. The number of aromatic amines is 1. The van der Waals surface area contributed by atoms with Crippen molar-refractivity contribution in [1.82, 2.24) is 9.97 Å². The Labute approximate surface area is 125 Å². The molecule has 0 bridgehead atoms. The van der Waals surface area contributed by atoms with Crippen molar-refractivity contribution >= 4 is 35.1 Å². The Morgan fingerprint density at radius 1 is 1.21 bits per heavy atom. The van der Waals surface area contributed by atoms with E-state index in [1.807, 2.05) is 31.2 Å². The smallest absolute Gasteiger partial charge is 0.251 e. The summed E-state index contributed by atoms with van der Waals surface area (Å²) in [6, 6.07) is 9.27. The summed E-state index contributed by atoms with van der Waals surface area (Å²) < 4.78 is 0. The van der Waals surface area contributed by atoms with Gasteiger partial charge in [0.25, 0.3) is 5.56 Å². The minimum absolute atomic E-state index is 0.0969. The molecule has 0 saturated heterocycles. The van der Waals surface area contributed by atoms with Crippen LogP contribution in [0, 0.1) is 6.92 Å². The molecule has 2 aromatic rings. The Morgan fingerprint density at radius 3 is 2.58 bits per heavy atom. The van der Waals surface area contributed by atoms with E-state index in [1.165, 1.54) is 11.0 Å². The number of nitrogens with zero attached hydrogens (tertiary/aromatic N) is 1. The van der Waals surface area contributed by atoms with Crippen molar-refractivity contribution < 1.29 is 0 Å². The Morgan fingerprint density at radius 2 is 1.89 bits per heavy atom. The van der Waals surface area contributed by atoms with Crippen LogP contribution >= 0.6 is 35.1 Å². The maximum atomic E-state index is 11.3. The molecule has 0 fully saturated rings. The molecule has 1 N–H and O–H groups in total. The van der Waals surface area contributed by atoms with Gasteiger partial charge in [0, 0.05) is 33.2 Å². The summed E-state index contributed by atoms with van der Waals surface area (Å²) in [5, 5.41) is 1.43. The SMILES string of the molecule is Cc1cc(=O)[nH]c(SCCSc2ccc(Cl)cc2)n1. The molecule has 1 heterocycles. The van der Waals surface area contributed by atoms with Crippen molar-refractivity contribution in [3.63, 3.8) is 0 Å². The first-order valence-corrected chi connectivity index (χ1v) is 8.07. The fourth-order valence-electron chi connectivity index (χ4n) is 1.45. The number of hydrogen-bond acceptors (Lipinski definition) is 4. The first-order valence-electron chi connectivity index (χ1n) is 5.72. The molecular formula is C13H13ClN2OS2. The molecule has 0 aliphatic rings. The average Bonchev–Trinajstić information content (AvgIpc) is 2.36. The van der Waals surface area contributed by atoms with E-state index in [9.17, 15) is 4.79 Å². The molecule has 0 spiro atoms. The molecule has 0 amide bonds. The zero-order valence-electron chi connectivity index (χ0n) is 10.4. The van der Waals surface area contributed by atoms with E-state index >= 15 is 0 Å². The summed E-state index contributed by atoms with van der Waals surface area (Å²) in [4.78, 5) is 19.5. The van der Waals surface area contributed by atoms with Crippen molar-refractivity contribution in [2.75, 3.05) is 11.5 Å². The van der Waals surface area contributed by atoms with Crippen molar-refractivity contribution in [2.45, 2.75) is 17.0 Å². The van der Waals surface area contributed by atoms with Gasteiger partial charge in [-0.2, -0.15) is 0 Å². The second-order valence-corrected chi connectivity index (χ2v) is 6.53. The summed E-state index contributed by atoms with van der Waals surface area (Å²) in [6.45, 7) is 1.82. The fraction of sp³-hybridized carbons (Fsp3) is 0.231. The maximum absolute atomic E-state index is 11.3. The molecular weight excluding hydrogens is 300 g/mol. The molecule has 0 aliphatic carbocycles. The van der Waals surface area contributed by atoms with E-state index in [1.54, 1.807) is 23.5 Å². The third kappa shape index (κ3) is 4.93. The van der Waals surface area contributed by atoms with Crippen LogP contribution in [0.2, 0.25) is 5.02 Å². The number of rotatable bonds is 5. The number of halogens is 1. The van der Waals surface area contributed by atoms with Crippen LogP contribution in [0.3, 0.4) is 0 Å². The van der Waals surface area contributed by atoms with E-state index in [-0.39, 0.29) is 5.56 Å². The van der Waals surface area contributed by atoms with Crippen molar-refractivity contribution in [2.24, 2.45) is 0 Å². The summed E-state index contributed by atoms with van der Waals surface area (Å²) >= 11 is 9.14. The van der Waals surface area contributed by atoms with Crippen LogP contribution in [-0.4, -0.2) is 21.5 Å². The van der Waals surface area contributed by atoms with E-state index in [4.69, 9.17) is 11.6 Å². The fourth-order valence-corrected chi connectivity index (χ4v) is 3.38. The number of aryl methyl sites for hydroxylation is 1. The lowest BCUT2D eigenvalue weighted by molar-refractivity contribution is 0.906. The van der Waals surface area contributed by atoms with Gasteiger partial charge in [0.15, 0.2) is 5.16 Å². The molecule has 100 valence electrons. The third-order valence-electron chi connectivity index (χ3n) is 2.25. The van der Waals surface area contributed by atoms with Crippen LogP contribution in [0.5, 0.6) is 0 Å². The Balaban J connectivity index is 1.80. The highest BCUT2D eigenvalue weighted by molar-refractivity contribution is 8.02. The molecule has 1 aromatic carbocycles. The van der Waals surface area contributed by atoms with Gasteiger partial charge in [-0.25, -0.2) is 4.98 Å². The number of aromatic nitrogens is 2. The van der Waals surface area contributed by atoms with Crippen LogP contribution in [0.4, 0.5) is 0 Å². The standard InChI is InChI=1S/C13H13ClN2OS2/c1-9-8-12(17)16-13(15-9)19-7-6-18-11-4-2-10(14)3-5-11/h2-5,8H,6-7H2,1H3,(H,15,16,17). The van der Waals surface area contributed by atoms with Gasteiger partial charge in [0.05, 0.1) is 0 Å². The summed E-state index contributed by atoms with van der Waals surface area (Å²) in [5.41, 5.74) is 0.650. The van der Waals surface area contributed by atoms with Crippen molar-refractivity contribution in [3.05, 3.63) is 51.4 Å². The number of hydrogen-bond donors (Lipinski definition) is 1. The quantitative estimate of drug-likeness (QED) is 0.520. The molecule has 0 unspecified atom stereocenters. The van der Waals surface area contributed by atoms with Gasteiger partial charge in [-0.05, 0) is 31.2 Å². The monoisotopic (exact) mass is 312 g/mol. The number of thioether (sulfide) groups is 2. The molecule has 2 rings (SSSR count). The Kier molecular flexibility index (Phi) is 5.36. The molecule has 1 aromatic heterocycles. The molecule has 6 heteroatoms. The highest BCUT2D eigenvalue weighted by atomic mass is 35.5. The van der Waals surface area contributed by atoms with Gasteiger partial charge in [-0.15, -0.1) is 11.8 Å². The van der Waals surface area contributed by atoms with Gasteiger partial charge in [-0.1, -0.05) is 23.4 Å². The first kappa shape index (κ1) is 14.5. The van der Waals surface area contributed by atoms with Crippen molar-refractivity contribution in [3.8, 4) is 0 Å². The summed E-state index contributed by atoms with van der Waals surface area (Å²) in [5.74, 6) is 1.84. The first-order chi connectivity index (χ1) is 9.13. The van der Waals surface area contributed by atoms with E-state index in [0.29, 0.717) is 5.16 Å². The van der Waals surface area contributed by atoms with E-state index in [0.717, 1.165) is 22.2 Å². The maximum Gasteiger partial charge on any atom is 0.251 e. The lowest BCUT2D eigenvalue weighted by Gasteiger charge is -2.02. The molecule has 0 radical (unpaired) electrons. The normalized spacial score (nSPS) is 10.6. The Hall–Kier alpha value is -0.910. The number of nitrogens with one attached hydrogen (secondary N) is 1. The van der Waals surface area contributed by atoms with Gasteiger partial charge < -0.3 is 4.98 Å². The Bertz CT molecular complexity index is 598. The molecule has 3 nitrogen and oxygen atoms in total. The average molecular weight is 313 g/mol. The lowest BCUT2D eigenvalue weighted by atomic mass is 10.4. The highest BCUT2D eigenvalue weighted by Crippen LogP contribution is 2.22. The topological polar surface area (TPSA) is 45.8 Å².